The summed E-state index contributed by atoms with van der Waals surface area (Å²) in [5.74, 6) is -0.0162. The molecule has 1 heterocycles. The molecular formula is C10H19N3O2. The highest BCUT2D eigenvalue weighted by atomic mass is 16.2. The van der Waals surface area contributed by atoms with Crippen LogP contribution in [0.3, 0.4) is 0 Å². The van der Waals surface area contributed by atoms with Crippen LogP contribution in [-0.2, 0) is 4.79 Å². The van der Waals surface area contributed by atoms with E-state index in [1.54, 1.807) is 11.8 Å². The average Bonchev–Trinajstić information content (AvgIpc) is 2.18. The van der Waals surface area contributed by atoms with Gasteiger partial charge in [-0.25, -0.2) is 4.79 Å². The number of hydrogen-bond acceptors (Lipinski definition) is 3. The van der Waals surface area contributed by atoms with Crippen molar-refractivity contribution in [2.24, 2.45) is 0 Å². The standard InChI is InChI=1S/C10H19N3O2/c1-8(9(2)14)11-10(15)13-6-4-12(3)5-7-13/h8H,4-7H2,1-3H3,(H,11,15). The third kappa shape index (κ3) is 3.51. The first-order valence-electron chi connectivity index (χ1n) is 5.25. The molecule has 0 spiro atoms. The molecular weight excluding hydrogens is 194 g/mol. The quantitative estimate of drug-likeness (QED) is 0.698. The number of nitrogens with zero attached hydrogens (tertiary/aromatic N) is 2. The van der Waals surface area contributed by atoms with Gasteiger partial charge in [-0.05, 0) is 20.9 Å². The summed E-state index contributed by atoms with van der Waals surface area (Å²) in [6, 6.07) is -0.525. The largest absolute Gasteiger partial charge is 0.328 e. The first-order valence-corrected chi connectivity index (χ1v) is 5.25. The maximum absolute atomic E-state index is 11.7. The highest BCUT2D eigenvalue weighted by molar-refractivity contribution is 5.86. The van der Waals surface area contributed by atoms with Gasteiger partial charge in [0.2, 0.25) is 0 Å². The van der Waals surface area contributed by atoms with E-state index in [2.05, 4.69) is 10.2 Å². The predicted molar refractivity (Wildman–Crippen MR) is 57.7 cm³/mol. The van der Waals surface area contributed by atoms with Gasteiger partial charge in [0.1, 0.15) is 0 Å². The van der Waals surface area contributed by atoms with Gasteiger partial charge in [0.15, 0.2) is 5.78 Å². The van der Waals surface area contributed by atoms with Crippen LogP contribution >= 0.6 is 0 Å². The molecule has 5 heteroatoms. The van der Waals surface area contributed by atoms with Crippen LogP contribution in [0, 0.1) is 0 Å². The zero-order chi connectivity index (χ0) is 11.4. The Balaban J connectivity index is 2.37. The lowest BCUT2D eigenvalue weighted by Crippen LogP contribution is -2.53. The molecule has 86 valence electrons. The van der Waals surface area contributed by atoms with E-state index in [-0.39, 0.29) is 11.8 Å². The van der Waals surface area contributed by atoms with E-state index in [1.807, 2.05) is 7.05 Å². The fourth-order valence-corrected chi connectivity index (χ4v) is 1.39. The molecule has 0 aromatic heterocycles. The molecule has 1 atom stereocenters. The summed E-state index contributed by atoms with van der Waals surface area (Å²) in [5.41, 5.74) is 0. The number of likely N-dealkylation sites (N-methyl/N-ethyl adjacent to an activating group) is 1. The smallest absolute Gasteiger partial charge is 0.318 e. The minimum Gasteiger partial charge on any atom is -0.328 e. The molecule has 1 rings (SSSR count). The molecule has 1 fully saturated rings. The zero-order valence-electron chi connectivity index (χ0n) is 9.62. The number of nitrogens with one attached hydrogen (secondary N) is 1. The highest BCUT2D eigenvalue weighted by Gasteiger charge is 2.20. The van der Waals surface area contributed by atoms with E-state index in [1.165, 1.54) is 6.92 Å². The van der Waals surface area contributed by atoms with Crippen LogP contribution in [0.5, 0.6) is 0 Å². The van der Waals surface area contributed by atoms with E-state index < -0.39 is 6.04 Å². The number of carbonyl (C=O) groups is 2. The SMILES string of the molecule is CC(=O)C(C)NC(=O)N1CCN(C)CC1. The normalized spacial score (nSPS) is 19.8. The Kier molecular flexibility index (Phi) is 4.08. The van der Waals surface area contributed by atoms with Crippen molar-refractivity contribution in [3.05, 3.63) is 0 Å². The Morgan fingerprint density at radius 3 is 2.20 bits per heavy atom. The maximum atomic E-state index is 11.7. The second kappa shape index (κ2) is 5.11. The van der Waals surface area contributed by atoms with Crippen LogP contribution < -0.4 is 5.32 Å². The molecule has 0 aromatic rings. The predicted octanol–water partition coefficient (Wildman–Crippen LogP) is -0.0791. The lowest BCUT2D eigenvalue weighted by molar-refractivity contribution is -0.118. The van der Waals surface area contributed by atoms with Crippen molar-refractivity contribution in [2.75, 3.05) is 33.2 Å². The summed E-state index contributed by atoms with van der Waals surface area (Å²) in [6.45, 7) is 6.43. The summed E-state index contributed by atoms with van der Waals surface area (Å²) in [4.78, 5) is 26.6. The fourth-order valence-electron chi connectivity index (χ4n) is 1.39. The molecule has 1 N–H and O–H groups in total. The van der Waals surface area contributed by atoms with Gasteiger partial charge in [0, 0.05) is 26.2 Å². The molecule has 0 aliphatic carbocycles. The van der Waals surface area contributed by atoms with Crippen LogP contribution in [0.25, 0.3) is 0 Å². The third-order valence-electron chi connectivity index (χ3n) is 2.74. The molecule has 0 bridgehead atoms. The van der Waals surface area contributed by atoms with E-state index in [0.717, 1.165) is 26.2 Å². The molecule has 0 saturated carbocycles. The van der Waals surface area contributed by atoms with E-state index in [9.17, 15) is 9.59 Å². The molecule has 5 nitrogen and oxygen atoms in total. The van der Waals surface area contributed by atoms with Crippen LogP contribution in [0.4, 0.5) is 4.79 Å². The number of urea groups is 1. The average molecular weight is 213 g/mol. The molecule has 15 heavy (non-hydrogen) atoms. The van der Waals surface area contributed by atoms with E-state index in [0.29, 0.717) is 0 Å². The number of Topliss-reactive ketones (excluding diaryl/α,β-unsaturated/α-hetero) is 1. The van der Waals surface area contributed by atoms with Gasteiger partial charge in [0.25, 0.3) is 0 Å². The molecule has 2 amide bonds. The summed E-state index contributed by atoms with van der Waals surface area (Å²) in [7, 11) is 2.04. The van der Waals surface area contributed by atoms with Gasteiger partial charge in [-0.3, -0.25) is 4.79 Å². The molecule has 1 unspecified atom stereocenters. The Labute approximate surface area is 90.4 Å². The zero-order valence-corrected chi connectivity index (χ0v) is 9.62. The number of amides is 2. The minimum absolute atomic E-state index is 0.0162. The minimum atomic E-state index is -0.392. The van der Waals surface area contributed by atoms with Crippen molar-refractivity contribution < 1.29 is 9.59 Å². The van der Waals surface area contributed by atoms with E-state index >= 15 is 0 Å². The van der Waals surface area contributed by atoms with Gasteiger partial charge >= 0.3 is 6.03 Å². The molecule has 1 aliphatic rings. The molecule has 0 radical (unpaired) electrons. The summed E-state index contributed by atoms with van der Waals surface area (Å²) in [5, 5.41) is 2.68. The Hall–Kier alpha value is -1.10. The maximum Gasteiger partial charge on any atom is 0.318 e. The van der Waals surface area contributed by atoms with Crippen molar-refractivity contribution in [1.82, 2.24) is 15.1 Å². The van der Waals surface area contributed by atoms with Crippen molar-refractivity contribution in [3.63, 3.8) is 0 Å². The number of piperazine rings is 1. The summed E-state index contributed by atoms with van der Waals surface area (Å²) in [6.07, 6.45) is 0. The molecule has 1 aliphatic heterocycles. The van der Waals surface area contributed by atoms with Gasteiger partial charge in [-0.1, -0.05) is 0 Å². The second-order valence-electron chi connectivity index (χ2n) is 4.07. The van der Waals surface area contributed by atoms with Crippen molar-refractivity contribution in [2.45, 2.75) is 19.9 Å². The van der Waals surface area contributed by atoms with Gasteiger partial charge < -0.3 is 15.1 Å². The van der Waals surface area contributed by atoms with Crippen LogP contribution in [0.2, 0.25) is 0 Å². The van der Waals surface area contributed by atoms with Crippen molar-refractivity contribution >= 4 is 11.8 Å². The number of rotatable bonds is 2. The Bertz CT molecular complexity index is 247. The third-order valence-corrected chi connectivity index (χ3v) is 2.74. The second-order valence-corrected chi connectivity index (χ2v) is 4.07. The topological polar surface area (TPSA) is 52.7 Å². The highest BCUT2D eigenvalue weighted by Crippen LogP contribution is 1.99. The first-order chi connectivity index (χ1) is 7.00. The number of carbonyl (C=O) groups excluding carboxylic acids is 2. The summed E-state index contributed by atoms with van der Waals surface area (Å²) < 4.78 is 0. The van der Waals surface area contributed by atoms with E-state index in [4.69, 9.17) is 0 Å². The molecule has 0 aromatic carbocycles. The number of ketones is 1. The fraction of sp³-hybridized carbons (Fsp3) is 0.800. The van der Waals surface area contributed by atoms with Gasteiger partial charge in [-0.2, -0.15) is 0 Å². The van der Waals surface area contributed by atoms with Crippen LogP contribution in [0.15, 0.2) is 0 Å². The number of hydrogen-bond donors (Lipinski definition) is 1. The van der Waals surface area contributed by atoms with Crippen LogP contribution in [0.1, 0.15) is 13.8 Å². The summed E-state index contributed by atoms with van der Waals surface area (Å²) >= 11 is 0. The van der Waals surface area contributed by atoms with Gasteiger partial charge in [-0.15, -0.1) is 0 Å². The Morgan fingerprint density at radius 1 is 1.20 bits per heavy atom. The monoisotopic (exact) mass is 213 g/mol. The molecule has 1 saturated heterocycles. The first kappa shape index (κ1) is 12.0. The lowest BCUT2D eigenvalue weighted by atomic mass is 10.2. The lowest BCUT2D eigenvalue weighted by Gasteiger charge is -2.32. The van der Waals surface area contributed by atoms with Crippen LogP contribution in [-0.4, -0.2) is 60.9 Å². The van der Waals surface area contributed by atoms with Crippen molar-refractivity contribution in [1.29, 1.82) is 0 Å². The van der Waals surface area contributed by atoms with Gasteiger partial charge in [0.05, 0.1) is 6.04 Å². The van der Waals surface area contributed by atoms with Crippen molar-refractivity contribution in [3.8, 4) is 0 Å². The Morgan fingerprint density at radius 2 is 1.73 bits per heavy atom.